The third kappa shape index (κ3) is 2.51. The SMILES string of the molecule is Cc1ccc(OCC2(CBr)CC2)cc1F. The van der Waals surface area contributed by atoms with Crippen molar-refractivity contribution >= 4 is 15.9 Å². The van der Waals surface area contributed by atoms with Gasteiger partial charge in [0.25, 0.3) is 0 Å². The third-order valence-electron chi connectivity index (χ3n) is 2.93. The summed E-state index contributed by atoms with van der Waals surface area (Å²) in [5, 5.41) is 0.967. The molecule has 1 aliphatic rings. The smallest absolute Gasteiger partial charge is 0.129 e. The molecule has 0 aliphatic heterocycles. The summed E-state index contributed by atoms with van der Waals surface area (Å²) in [6, 6.07) is 5.03. The fourth-order valence-electron chi connectivity index (χ4n) is 1.39. The minimum atomic E-state index is -0.198. The van der Waals surface area contributed by atoms with Gasteiger partial charge < -0.3 is 4.74 Å². The van der Waals surface area contributed by atoms with Gasteiger partial charge >= 0.3 is 0 Å². The van der Waals surface area contributed by atoms with Gasteiger partial charge in [0.2, 0.25) is 0 Å². The zero-order valence-corrected chi connectivity index (χ0v) is 10.3. The number of hydrogen-bond donors (Lipinski definition) is 0. The molecule has 0 N–H and O–H groups in total. The van der Waals surface area contributed by atoms with E-state index in [-0.39, 0.29) is 5.82 Å². The molecule has 3 heteroatoms. The van der Waals surface area contributed by atoms with E-state index in [2.05, 4.69) is 15.9 Å². The fourth-order valence-corrected chi connectivity index (χ4v) is 2.12. The van der Waals surface area contributed by atoms with E-state index < -0.39 is 0 Å². The average Bonchev–Trinajstić information content (AvgIpc) is 3.01. The molecule has 1 aromatic rings. The number of aryl methyl sites for hydroxylation is 1. The molecule has 0 radical (unpaired) electrons. The van der Waals surface area contributed by atoms with E-state index in [0.717, 1.165) is 5.33 Å². The van der Waals surface area contributed by atoms with Gasteiger partial charge in [-0.1, -0.05) is 22.0 Å². The van der Waals surface area contributed by atoms with Crippen LogP contribution in [-0.2, 0) is 0 Å². The second kappa shape index (κ2) is 4.12. The summed E-state index contributed by atoms with van der Waals surface area (Å²) in [5.41, 5.74) is 0.963. The highest BCUT2D eigenvalue weighted by Crippen LogP contribution is 2.47. The molecule has 1 aromatic carbocycles. The van der Waals surface area contributed by atoms with Crippen LogP contribution in [0.4, 0.5) is 4.39 Å². The number of alkyl halides is 1. The Kier molecular flexibility index (Phi) is 3.01. The van der Waals surface area contributed by atoms with Crippen LogP contribution in [0.2, 0.25) is 0 Å². The van der Waals surface area contributed by atoms with E-state index >= 15 is 0 Å². The number of hydrogen-bond acceptors (Lipinski definition) is 1. The van der Waals surface area contributed by atoms with Gasteiger partial charge in [-0.2, -0.15) is 0 Å². The van der Waals surface area contributed by atoms with Gasteiger partial charge in [0.05, 0.1) is 6.61 Å². The minimum Gasteiger partial charge on any atom is -0.493 e. The number of benzene rings is 1. The Morgan fingerprint density at radius 2 is 2.20 bits per heavy atom. The highest BCUT2D eigenvalue weighted by molar-refractivity contribution is 9.09. The molecule has 0 amide bonds. The summed E-state index contributed by atoms with van der Waals surface area (Å²) in [5.74, 6) is 0.432. The largest absolute Gasteiger partial charge is 0.493 e. The van der Waals surface area contributed by atoms with Crippen LogP contribution >= 0.6 is 15.9 Å². The van der Waals surface area contributed by atoms with E-state index in [9.17, 15) is 4.39 Å². The molecule has 1 fully saturated rings. The van der Waals surface area contributed by atoms with Crippen molar-refractivity contribution in [1.82, 2.24) is 0 Å². The number of halogens is 2. The lowest BCUT2D eigenvalue weighted by atomic mass is 10.2. The standard InChI is InChI=1S/C12H14BrFO/c1-9-2-3-10(6-11(9)14)15-8-12(7-13)4-5-12/h2-3,6H,4-5,7-8H2,1H3. The summed E-state index contributed by atoms with van der Waals surface area (Å²) >= 11 is 3.48. The Morgan fingerprint density at radius 3 is 2.73 bits per heavy atom. The van der Waals surface area contributed by atoms with Crippen LogP contribution in [0.1, 0.15) is 18.4 Å². The first-order valence-electron chi connectivity index (χ1n) is 5.10. The zero-order valence-electron chi connectivity index (χ0n) is 8.72. The predicted octanol–water partition coefficient (Wildman–Crippen LogP) is 3.69. The Hall–Kier alpha value is -0.570. The summed E-state index contributed by atoms with van der Waals surface area (Å²) in [6.07, 6.45) is 2.40. The molecule has 0 saturated heterocycles. The summed E-state index contributed by atoms with van der Waals surface area (Å²) < 4.78 is 18.8. The molecule has 2 rings (SSSR count). The average molecular weight is 273 g/mol. The monoisotopic (exact) mass is 272 g/mol. The van der Waals surface area contributed by atoms with Gasteiger partial charge in [0.1, 0.15) is 11.6 Å². The minimum absolute atomic E-state index is 0.198. The quantitative estimate of drug-likeness (QED) is 0.760. The first-order chi connectivity index (χ1) is 7.15. The molecule has 0 bridgehead atoms. The van der Waals surface area contributed by atoms with Crippen molar-refractivity contribution in [2.24, 2.45) is 5.41 Å². The van der Waals surface area contributed by atoms with E-state index in [4.69, 9.17) is 4.74 Å². The van der Waals surface area contributed by atoms with Crippen molar-refractivity contribution in [1.29, 1.82) is 0 Å². The van der Waals surface area contributed by atoms with Crippen LogP contribution in [0.5, 0.6) is 5.75 Å². The van der Waals surface area contributed by atoms with Crippen LogP contribution in [-0.4, -0.2) is 11.9 Å². The van der Waals surface area contributed by atoms with Gasteiger partial charge in [-0.3, -0.25) is 0 Å². The zero-order chi connectivity index (χ0) is 10.9. The van der Waals surface area contributed by atoms with Crippen LogP contribution in [0.15, 0.2) is 18.2 Å². The van der Waals surface area contributed by atoms with Gasteiger partial charge in [-0.05, 0) is 31.4 Å². The molecule has 1 saturated carbocycles. The molecule has 0 atom stereocenters. The van der Waals surface area contributed by atoms with E-state index in [1.165, 1.54) is 18.9 Å². The first-order valence-corrected chi connectivity index (χ1v) is 6.22. The number of rotatable bonds is 4. The third-order valence-corrected chi connectivity index (χ3v) is 4.12. The van der Waals surface area contributed by atoms with E-state index in [1.54, 1.807) is 13.0 Å². The maximum absolute atomic E-state index is 13.2. The Labute approximate surface area is 97.8 Å². The lowest BCUT2D eigenvalue weighted by Crippen LogP contribution is -2.14. The van der Waals surface area contributed by atoms with Crippen LogP contribution in [0, 0.1) is 18.2 Å². The molecule has 1 nitrogen and oxygen atoms in total. The van der Waals surface area contributed by atoms with Gasteiger partial charge in [-0.25, -0.2) is 4.39 Å². The van der Waals surface area contributed by atoms with Gasteiger partial charge in [0, 0.05) is 16.8 Å². The Balaban J connectivity index is 1.96. The molecule has 82 valence electrons. The highest BCUT2D eigenvalue weighted by atomic mass is 79.9. The molecule has 1 aliphatic carbocycles. The molecule has 0 heterocycles. The second-order valence-corrected chi connectivity index (χ2v) is 4.89. The van der Waals surface area contributed by atoms with Crippen molar-refractivity contribution in [3.05, 3.63) is 29.6 Å². The summed E-state index contributed by atoms with van der Waals surface area (Å²) in [6.45, 7) is 2.43. The molecule has 0 spiro atoms. The predicted molar refractivity (Wildman–Crippen MR) is 62.1 cm³/mol. The normalized spacial score (nSPS) is 17.5. The van der Waals surface area contributed by atoms with E-state index in [0.29, 0.717) is 23.3 Å². The molecule has 0 unspecified atom stereocenters. The maximum Gasteiger partial charge on any atom is 0.129 e. The molecule has 0 aromatic heterocycles. The summed E-state index contributed by atoms with van der Waals surface area (Å²) in [7, 11) is 0. The van der Waals surface area contributed by atoms with Crippen LogP contribution in [0.25, 0.3) is 0 Å². The van der Waals surface area contributed by atoms with Crippen molar-refractivity contribution in [2.75, 3.05) is 11.9 Å². The lowest BCUT2D eigenvalue weighted by molar-refractivity contribution is 0.250. The second-order valence-electron chi connectivity index (χ2n) is 4.33. The Bertz CT molecular complexity index is 361. The molecular weight excluding hydrogens is 259 g/mol. The maximum atomic E-state index is 13.2. The highest BCUT2D eigenvalue weighted by Gasteiger charge is 2.42. The lowest BCUT2D eigenvalue weighted by Gasteiger charge is -2.13. The Morgan fingerprint density at radius 1 is 1.47 bits per heavy atom. The van der Waals surface area contributed by atoms with Crippen molar-refractivity contribution in [3.8, 4) is 5.75 Å². The first kappa shape index (κ1) is 10.9. The molecule has 15 heavy (non-hydrogen) atoms. The van der Waals surface area contributed by atoms with Gasteiger partial charge in [0.15, 0.2) is 0 Å². The topological polar surface area (TPSA) is 9.23 Å². The summed E-state index contributed by atoms with van der Waals surface area (Å²) in [4.78, 5) is 0. The van der Waals surface area contributed by atoms with Crippen LogP contribution in [0.3, 0.4) is 0 Å². The number of ether oxygens (including phenoxy) is 1. The van der Waals surface area contributed by atoms with Crippen molar-refractivity contribution < 1.29 is 9.13 Å². The molecular formula is C12H14BrFO. The van der Waals surface area contributed by atoms with Crippen LogP contribution < -0.4 is 4.74 Å². The van der Waals surface area contributed by atoms with Crippen molar-refractivity contribution in [2.45, 2.75) is 19.8 Å². The van der Waals surface area contributed by atoms with Crippen molar-refractivity contribution in [3.63, 3.8) is 0 Å². The van der Waals surface area contributed by atoms with Gasteiger partial charge in [-0.15, -0.1) is 0 Å². The fraction of sp³-hybridized carbons (Fsp3) is 0.500. The van der Waals surface area contributed by atoms with E-state index in [1.807, 2.05) is 6.07 Å².